The molecule has 0 heterocycles. The number of carbonyl (C=O) groups excluding carboxylic acids is 1. The molecule has 1 amide bonds. The van der Waals surface area contributed by atoms with E-state index in [2.05, 4.69) is 43.4 Å². The molecule has 0 aliphatic heterocycles. The van der Waals surface area contributed by atoms with Gasteiger partial charge in [0.15, 0.2) is 0 Å². The second kappa shape index (κ2) is 8.53. The van der Waals surface area contributed by atoms with E-state index in [1.165, 1.54) is 11.1 Å². The van der Waals surface area contributed by atoms with Gasteiger partial charge in [0.2, 0.25) is 5.91 Å². The summed E-state index contributed by atoms with van der Waals surface area (Å²) in [6.45, 7) is 6.36. The number of amides is 1. The Morgan fingerprint density at radius 2 is 1.83 bits per heavy atom. The lowest BCUT2D eigenvalue weighted by Gasteiger charge is -2.09. The first-order chi connectivity index (χ1) is 11.5. The zero-order valence-corrected chi connectivity index (χ0v) is 15.1. The van der Waals surface area contributed by atoms with Crippen molar-refractivity contribution in [2.24, 2.45) is 0 Å². The minimum atomic E-state index is 0.0672. The molecular weight excluding hydrogens is 298 g/mol. The van der Waals surface area contributed by atoms with Gasteiger partial charge in [0, 0.05) is 12.1 Å². The van der Waals surface area contributed by atoms with Crippen LogP contribution in [0.15, 0.2) is 42.5 Å². The van der Waals surface area contributed by atoms with Gasteiger partial charge in [-0.05, 0) is 60.6 Å². The molecule has 24 heavy (non-hydrogen) atoms. The largest absolute Gasteiger partial charge is 0.496 e. The van der Waals surface area contributed by atoms with Gasteiger partial charge in [-0.25, -0.2) is 0 Å². The predicted octanol–water partition coefficient (Wildman–Crippen LogP) is 5.09. The molecule has 2 aromatic rings. The van der Waals surface area contributed by atoms with E-state index in [1.54, 1.807) is 7.11 Å². The first-order valence-corrected chi connectivity index (χ1v) is 8.53. The smallest absolute Gasteiger partial charge is 0.224 e. The number of hydrogen-bond donors (Lipinski definition) is 1. The molecule has 0 aliphatic rings. The minimum absolute atomic E-state index is 0.0672. The maximum atomic E-state index is 12.1. The molecule has 0 spiro atoms. The van der Waals surface area contributed by atoms with E-state index < -0.39 is 0 Å². The Hall–Kier alpha value is -2.29. The van der Waals surface area contributed by atoms with Crippen molar-refractivity contribution < 1.29 is 9.53 Å². The summed E-state index contributed by atoms with van der Waals surface area (Å²) in [5, 5.41) is 2.97. The monoisotopic (exact) mass is 325 g/mol. The number of ether oxygens (including phenoxy) is 1. The number of nitrogens with one attached hydrogen (secondary N) is 1. The molecule has 3 nitrogen and oxygen atoms in total. The van der Waals surface area contributed by atoms with E-state index in [4.69, 9.17) is 4.74 Å². The number of methoxy groups -OCH3 is 1. The Labute approximate surface area is 145 Å². The Morgan fingerprint density at radius 3 is 2.42 bits per heavy atom. The molecule has 0 saturated carbocycles. The number of carbonyl (C=O) groups is 1. The van der Waals surface area contributed by atoms with Gasteiger partial charge in [0.05, 0.1) is 7.11 Å². The van der Waals surface area contributed by atoms with Crippen LogP contribution >= 0.6 is 0 Å². The Kier molecular flexibility index (Phi) is 6.42. The maximum Gasteiger partial charge on any atom is 0.224 e. The fourth-order valence-corrected chi connectivity index (χ4v) is 2.72. The molecule has 0 aromatic heterocycles. The van der Waals surface area contributed by atoms with Crippen LogP contribution in [0.1, 0.15) is 49.3 Å². The highest BCUT2D eigenvalue weighted by atomic mass is 16.5. The normalized spacial score (nSPS) is 10.7. The number of rotatable bonds is 7. The van der Waals surface area contributed by atoms with Crippen LogP contribution in [-0.4, -0.2) is 13.0 Å². The summed E-state index contributed by atoms with van der Waals surface area (Å²) in [5.41, 5.74) is 4.51. The van der Waals surface area contributed by atoms with E-state index in [0.717, 1.165) is 29.8 Å². The average Bonchev–Trinajstić information content (AvgIpc) is 2.55. The second-order valence-electron chi connectivity index (χ2n) is 6.48. The minimum Gasteiger partial charge on any atom is -0.496 e. The molecule has 0 atom stereocenters. The van der Waals surface area contributed by atoms with Gasteiger partial charge in [-0.3, -0.25) is 4.79 Å². The molecule has 0 saturated heterocycles. The molecule has 2 aromatic carbocycles. The molecule has 0 radical (unpaired) electrons. The topological polar surface area (TPSA) is 38.3 Å². The van der Waals surface area contributed by atoms with Crippen LogP contribution < -0.4 is 10.1 Å². The predicted molar refractivity (Wildman–Crippen MR) is 99.8 cm³/mol. The summed E-state index contributed by atoms with van der Waals surface area (Å²) in [4.78, 5) is 12.1. The van der Waals surface area contributed by atoms with Crippen molar-refractivity contribution in [2.45, 2.75) is 46.0 Å². The van der Waals surface area contributed by atoms with Crippen LogP contribution in [0.25, 0.3) is 0 Å². The van der Waals surface area contributed by atoms with Gasteiger partial charge in [-0.2, -0.15) is 0 Å². The summed E-state index contributed by atoms with van der Waals surface area (Å²) >= 11 is 0. The molecule has 0 bridgehead atoms. The number of aryl methyl sites for hydroxylation is 2. The lowest BCUT2D eigenvalue weighted by molar-refractivity contribution is -0.116. The van der Waals surface area contributed by atoms with Crippen molar-refractivity contribution in [3.05, 3.63) is 59.2 Å². The van der Waals surface area contributed by atoms with E-state index in [9.17, 15) is 4.79 Å². The Morgan fingerprint density at radius 1 is 1.12 bits per heavy atom. The highest BCUT2D eigenvalue weighted by Crippen LogP contribution is 2.20. The Bertz CT molecular complexity index is 675. The highest BCUT2D eigenvalue weighted by molar-refractivity contribution is 5.90. The van der Waals surface area contributed by atoms with Crippen LogP contribution in [0, 0.1) is 6.92 Å². The fourth-order valence-electron chi connectivity index (χ4n) is 2.72. The lowest BCUT2D eigenvalue weighted by atomic mass is 10.0. The maximum absolute atomic E-state index is 12.1. The SMILES string of the molecule is COc1ccc(CCCC(=O)Nc2ccc(C(C)C)cc2)cc1C. The third-order valence-corrected chi connectivity index (χ3v) is 4.19. The number of benzene rings is 2. The van der Waals surface area contributed by atoms with E-state index in [0.29, 0.717) is 12.3 Å². The molecule has 0 fully saturated rings. The van der Waals surface area contributed by atoms with Gasteiger partial charge >= 0.3 is 0 Å². The van der Waals surface area contributed by atoms with Crippen molar-refractivity contribution in [3.8, 4) is 5.75 Å². The summed E-state index contributed by atoms with van der Waals surface area (Å²) < 4.78 is 5.27. The van der Waals surface area contributed by atoms with Crippen molar-refractivity contribution in [2.75, 3.05) is 12.4 Å². The van der Waals surface area contributed by atoms with Gasteiger partial charge in [-0.1, -0.05) is 38.1 Å². The fraction of sp³-hybridized carbons (Fsp3) is 0.381. The number of anilines is 1. The van der Waals surface area contributed by atoms with Crippen LogP contribution in [0.5, 0.6) is 5.75 Å². The molecular formula is C21H27NO2. The molecule has 128 valence electrons. The molecule has 0 aliphatic carbocycles. The lowest BCUT2D eigenvalue weighted by Crippen LogP contribution is -2.11. The highest BCUT2D eigenvalue weighted by Gasteiger charge is 2.05. The molecule has 0 unspecified atom stereocenters. The first-order valence-electron chi connectivity index (χ1n) is 8.53. The molecule has 2 rings (SSSR count). The van der Waals surface area contributed by atoms with Crippen molar-refractivity contribution in [3.63, 3.8) is 0 Å². The van der Waals surface area contributed by atoms with Gasteiger partial charge < -0.3 is 10.1 Å². The standard InChI is InChI=1S/C21H27NO2/c1-15(2)18-9-11-19(12-10-18)22-21(23)7-5-6-17-8-13-20(24-4)16(3)14-17/h8-15H,5-7H2,1-4H3,(H,22,23). The summed E-state index contributed by atoms with van der Waals surface area (Å²) in [6, 6.07) is 14.3. The summed E-state index contributed by atoms with van der Waals surface area (Å²) in [7, 11) is 1.68. The van der Waals surface area contributed by atoms with E-state index in [-0.39, 0.29) is 5.91 Å². The van der Waals surface area contributed by atoms with Crippen LogP contribution in [0.2, 0.25) is 0 Å². The Balaban J connectivity index is 1.79. The van der Waals surface area contributed by atoms with Gasteiger partial charge in [0.1, 0.15) is 5.75 Å². The third-order valence-electron chi connectivity index (χ3n) is 4.19. The third kappa shape index (κ3) is 5.12. The van der Waals surface area contributed by atoms with E-state index in [1.807, 2.05) is 25.1 Å². The zero-order chi connectivity index (χ0) is 17.5. The molecule has 3 heteroatoms. The summed E-state index contributed by atoms with van der Waals surface area (Å²) in [5.74, 6) is 1.47. The quantitative estimate of drug-likeness (QED) is 0.770. The second-order valence-corrected chi connectivity index (χ2v) is 6.48. The van der Waals surface area contributed by atoms with E-state index >= 15 is 0 Å². The zero-order valence-electron chi connectivity index (χ0n) is 15.1. The van der Waals surface area contributed by atoms with Crippen LogP contribution in [-0.2, 0) is 11.2 Å². The van der Waals surface area contributed by atoms with Crippen molar-refractivity contribution in [1.29, 1.82) is 0 Å². The number of hydrogen-bond acceptors (Lipinski definition) is 2. The van der Waals surface area contributed by atoms with Crippen molar-refractivity contribution in [1.82, 2.24) is 0 Å². The molecule has 1 N–H and O–H groups in total. The van der Waals surface area contributed by atoms with Crippen LogP contribution in [0.4, 0.5) is 5.69 Å². The first kappa shape index (κ1) is 18.1. The average molecular weight is 325 g/mol. The van der Waals surface area contributed by atoms with Gasteiger partial charge in [0.25, 0.3) is 0 Å². The summed E-state index contributed by atoms with van der Waals surface area (Å²) in [6.07, 6.45) is 2.25. The van der Waals surface area contributed by atoms with Gasteiger partial charge in [-0.15, -0.1) is 0 Å². The van der Waals surface area contributed by atoms with Crippen LogP contribution in [0.3, 0.4) is 0 Å². The van der Waals surface area contributed by atoms with Crippen molar-refractivity contribution >= 4 is 11.6 Å².